The van der Waals surface area contributed by atoms with Gasteiger partial charge in [-0.05, 0) is 72.8 Å². The second kappa shape index (κ2) is 11.8. The minimum Gasteiger partial charge on any atom is -0.355 e. The van der Waals surface area contributed by atoms with E-state index in [4.69, 9.17) is 16.6 Å². The molecule has 1 aromatic heterocycles. The molecule has 1 heterocycles. The van der Waals surface area contributed by atoms with Gasteiger partial charge in [-0.25, -0.2) is 4.98 Å². The summed E-state index contributed by atoms with van der Waals surface area (Å²) in [6.45, 7) is 0. The highest BCUT2D eigenvalue weighted by molar-refractivity contribution is 6.29. The second-order valence-corrected chi connectivity index (χ2v) is 9.61. The largest absolute Gasteiger partial charge is 0.355 e. The minimum absolute atomic E-state index is 0.406. The number of rotatable bonds is 8. The molecule has 0 unspecified atom stereocenters. The SMILES string of the molecule is Clc1cc(N(c2ccccc2)c2cccc(Nc3ccccc3)c2)cc(N(c2ccccc2)c2ccccc2)n1. The van der Waals surface area contributed by atoms with Crippen LogP contribution in [0.25, 0.3) is 0 Å². The maximum atomic E-state index is 6.75. The summed E-state index contributed by atoms with van der Waals surface area (Å²) in [6.07, 6.45) is 0. The Morgan fingerprint density at radius 3 is 1.48 bits per heavy atom. The zero-order valence-electron chi connectivity index (χ0n) is 21.7. The molecular formula is C35H27ClN4. The van der Waals surface area contributed by atoms with E-state index in [0.29, 0.717) is 5.15 Å². The average molecular weight is 539 g/mol. The molecule has 0 spiro atoms. The molecular weight excluding hydrogens is 512 g/mol. The van der Waals surface area contributed by atoms with Gasteiger partial charge in [0, 0.05) is 40.2 Å². The molecule has 0 saturated heterocycles. The van der Waals surface area contributed by atoms with Gasteiger partial charge in [-0.15, -0.1) is 0 Å². The molecule has 0 radical (unpaired) electrons. The summed E-state index contributed by atoms with van der Waals surface area (Å²) >= 11 is 6.75. The van der Waals surface area contributed by atoms with Gasteiger partial charge >= 0.3 is 0 Å². The molecule has 0 fully saturated rings. The first-order chi connectivity index (χ1) is 19.7. The van der Waals surface area contributed by atoms with E-state index in [0.717, 1.165) is 45.6 Å². The van der Waals surface area contributed by atoms with Crippen molar-refractivity contribution in [1.82, 2.24) is 4.98 Å². The Balaban J connectivity index is 1.48. The molecule has 0 aliphatic carbocycles. The standard InChI is InChI=1S/C35H27ClN4/c36-34-25-33(26-35(38-34)40(30-19-9-3-10-20-30)31-21-11-4-12-22-31)39(29-17-7-2-8-18-29)32-23-13-16-28(24-32)37-27-14-5-1-6-15-27/h1-26,37H. The topological polar surface area (TPSA) is 31.4 Å². The van der Waals surface area contributed by atoms with Crippen LogP contribution in [0.4, 0.5) is 45.6 Å². The van der Waals surface area contributed by atoms with Gasteiger partial charge in [-0.1, -0.05) is 90.5 Å². The van der Waals surface area contributed by atoms with Gasteiger partial charge in [0.2, 0.25) is 0 Å². The lowest BCUT2D eigenvalue weighted by Gasteiger charge is -2.29. The fourth-order valence-corrected chi connectivity index (χ4v) is 4.91. The van der Waals surface area contributed by atoms with Crippen LogP contribution in [0.15, 0.2) is 158 Å². The average Bonchev–Trinajstić information content (AvgIpc) is 3.00. The molecule has 194 valence electrons. The Kier molecular flexibility index (Phi) is 7.42. The second-order valence-electron chi connectivity index (χ2n) is 9.23. The number of halogens is 1. The Labute approximate surface area is 239 Å². The predicted molar refractivity (Wildman–Crippen MR) is 168 cm³/mol. The molecule has 40 heavy (non-hydrogen) atoms. The third-order valence-corrected chi connectivity index (χ3v) is 6.66. The van der Waals surface area contributed by atoms with Gasteiger partial charge in [0.15, 0.2) is 0 Å². The number of anilines is 8. The molecule has 4 nitrogen and oxygen atoms in total. The van der Waals surface area contributed by atoms with Crippen LogP contribution < -0.4 is 15.1 Å². The molecule has 5 aromatic carbocycles. The minimum atomic E-state index is 0.406. The maximum absolute atomic E-state index is 6.75. The number of hydrogen-bond donors (Lipinski definition) is 1. The van der Waals surface area contributed by atoms with E-state index in [-0.39, 0.29) is 0 Å². The number of nitrogens with one attached hydrogen (secondary N) is 1. The van der Waals surface area contributed by atoms with E-state index in [1.54, 1.807) is 0 Å². The monoisotopic (exact) mass is 538 g/mol. The normalized spacial score (nSPS) is 10.6. The molecule has 0 atom stereocenters. The van der Waals surface area contributed by atoms with Crippen molar-refractivity contribution in [1.29, 1.82) is 0 Å². The maximum Gasteiger partial charge on any atom is 0.141 e. The molecule has 0 amide bonds. The first-order valence-corrected chi connectivity index (χ1v) is 13.5. The van der Waals surface area contributed by atoms with E-state index in [1.807, 2.05) is 78.9 Å². The van der Waals surface area contributed by atoms with Crippen LogP contribution in [0.1, 0.15) is 0 Å². The summed E-state index contributed by atoms with van der Waals surface area (Å²) in [5, 5.41) is 3.92. The Morgan fingerprint density at radius 2 is 0.900 bits per heavy atom. The highest BCUT2D eigenvalue weighted by atomic mass is 35.5. The van der Waals surface area contributed by atoms with Gasteiger partial charge in [0.1, 0.15) is 11.0 Å². The van der Waals surface area contributed by atoms with Crippen molar-refractivity contribution in [2.75, 3.05) is 15.1 Å². The number of nitrogens with zero attached hydrogens (tertiary/aromatic N) is 3. The molecule has 0 aliphatic rings. The Hall–Kier alpha value is -5.06. The van der Waals surface area contributed by atoms with E-state index < -0.39 is 0 Å². The molecule has 5 heteroatoms. The van der Waals surface area contributed by atoms with Crippen LogP contribution >= 0.6 is 11.6 Å². The number of benzene rings is 5. The zero-order valence-corrected chi connectivity index (χ0v) is 22.5. The molecule has 0 aliphatic heterocycles. The lowest BCUT2D eigenvalue weighted by atomic mass is 10.1. The first kappa shape index (κ1) is 25.2. The summed E-state index contributed by atoms with van der Waals surface area (Å²) in [5.41, 5.74) is 6.91. The summed E-state index contributed by atoms with van der Waals surface area (Å²) < 4.78 is 0. The Bertz CT molecular complexity index is 1640. The van der Waals surface area contributed by atoms with Crippen molar-refractivity contribution < 1.29 is 0 Å². The number of pyridine rings is 1. The van der Waals surface area contributed by atoms with Crippen molar-refractivity contribution in [2.45, 2.75) is 0 Å². The number of para-hydroxylation sites is 4. The smallest absolute Gasteiger partial charge is 0.141 e. The third-order valence-electron chi connectivity index (χ3n) is 6.46. The molecule has 1 N–H and O–H groups in total. The van der Waals surface area contributed by atoms with E-state index in [9.17, 15) is 0 Å². The number of hydrogen-bond acceptors (Lipinski definition) is 4. The van der Waals surface area contributed by atoms with Crippen molar-refractivity contribution >= 4 is 57.2 Å². The third kappa shape index (κ3) is 5.68. The van der Waals surface area contributed by atoms with Gasteiger partial charge < -0.3 is 10.2 Å². The molecule has 0 bridgehead atoms. The van der Waals surface area contributed by atoms with Crippen molar-refractivity contribution in [3.8, 4) is 0 Å². The summed E-state index contributed by atoms with van der Waals surface area (Å²) in [7, 11) is 0. The summed E-state index contributed by atoms with van der Waals surface area (Å²) in [5.74, 6) is 0.722. The van der Waals surface area contributed by atoms with E-state index >= 15 is 0 Å². The van der Waals surface area contributed by atoms with Crippen LogP contribution in [0.2, 0.25) is 5.15 Å². The summed E-state index contributed by atoms with van der Waals surface area (Å²) in [6, 6.07) is 53.2. The van der Waals surface area contributed by atoms with Crippen LogP contribution in [-0.2, 0) is 0 Å². The predicted octanol–water partition coefficient (Wildman–Crippen LogP) is 10.4. The lowest BCUT2D eigenvalue weighted by molar-refractivity contribution is 1.16. The van der Waals surface area contributed by atoms with Crippen LogP contribution in [0.5, 0.6) is 0 Å². The van der Waals surface area contributed by atoms with Crippen LogP contribution in [0, 0.1) is 0 Å². The first-order valence-electron chi connectivity index (χ1n) is 13.1. The van der Waals surface area contributed by atoms with E-state index in [2.05, 4.69) is 94.0 Å². The van der Waals surface area contributed by atoms with Crippen molar-refractivity contribution in [3.05, 3.63) is 163 Å². The Morgan fingerprint density at radius 1 is 0.425 bits per heavy atom. The van der Waals surface area contributed by atoms with Gasteiger partial charge in [0.05, 0.1) is 5.69 Å². The molecule has 0 saturated carbocycles. The highest BCUT2D eigenvalue weighted by Gasteiger charge is 2.19. The molecule has 6 aromatic rings. The van der Waals surface area contributed by atoms with Gasteiger partial charge in [0.25, 0.3) is 0 Å². The zero-order chi connectivity index (χ0) is 27.1. The van der Waals surface area contributed by atoms with Crippen molar-refractivity contribution in [3.63, 3.8) is 0 Å². The van der Waals surface area contributed by atoms with Gasteiger partial charge in [-0.2, -0.15) is 0 Å². The van der Waals surface area contributed by atoms with Crippen LogP contribution in [0.3, 0.4) is 0 Å². The van der Waals surface area contributed by atoms with Crippen molar-refractivity contribution in [2.24, 2.45) is 0 Å². The van der Waals surface area contributed by atoms with E-state index in [1.165, 1.54) is 0 Å². The number of aromatic nitrogens is 1. The van der Waals surface area contributed by atoms with Gasteiger partial charge in [-0.3, -0.25) is 4.90 Å². The summed E-state index contributed by atoms with van der Waals surface area (Å²) in [4.78, 5) is 9.10. The quantitative estimate of drug-likeness (QED) is 0.195. The lowest BCUT2D eigenvalue weighted by Crippen LogP contribution is -2.14. The highest BCUT2D eigenvalue weighted by Crippen LogP contribution is 2.41. The fourth-order valence-electron chi connectivity index (χ4n) is 4.72. The molecule has 6 rings (SSSR count). The van der Waals surface area contributed by atoms with Crippen LogP contribution in [-0.4, -0.2) is 4.98 Å². The fraction of sp³-hybridized carbons (Fsp3) is 0.